The van der Waals surface area contributed by atoms with Gasteiger partial charge in [0.25, 0.3) is 0 Å². The lowest BCUT2D eigenvalue weighted by atomic mass is 10.0. The van der Waals surface area contributed by atoms with Gasteiger partial charge in [0.05, 0.1) is 37.5 Å². The second-order valence-electron chi connectivity index (χ2n) is 7.69. The number of morpholine rings is 1. The average molecular weight is 413 g/mol. The molecule has 0 spiro atoms. The lowest BCUT2D eigenvalue weighted by Crippen LogP contribution is -2.47. The third-order valence-electron chi connectivity index (χ3n) is 4.23. The molecule has 2 rings (SSSR count). The van der Waals surface area contributed by atoms with Crippen LogP contribution in [0.5, 0.6) is 0 Å². The second kappa shape index (κ2) is 9.30. The van der Waals surface area contributed by atoms with Crippen molar-refractivity contribution in [3.05, 3.63) is 34.9 Å². The van der Waals surface area contributed by atoms with E-state index in [-0.39, 0.29) is 31.6 Å². The summed E-state index contributed by atoms with van der Waals surface area (Å²) < 4.78 is 43.6. The van der Waals surface area contributed by atoms with E-state index < -0.39 is 46.7 Å². The maximum Gasteiger partial charge on any atom is 0.410 e. The van der Waals surface area contributed by atoms with Crippen LogP contribution in [0.1, 0.15) is 54.3 Å². The molecule has 0 aliphatic carbocycles. The number of carbonyl (C=O) groups is 3. The van der Waals surface area contributed by atoms with E-state index >= 15 is 0 Å². The molecule has 7 nitrogen and oxygen atoms in total. The van der Waals surface area contributed by atoms with Crippen molar-refractivity contribution in [2.75, 3.05) is 26.8 Å². The predicted octanol–water partition coefficient (Wildman–Crippen LogP) is 3.35. The number of Topliss-reactive ketones (excluding diaryl/α,β-unsaturated/α-hetero) is 1. The van der Waals surface area contributed by atoms with Gasteiger partial charge in [-0.3, -0.25) is 4.79 Å². The molecule has 1 saturated heterocycles. The van der Waals surface area contributed by atoms with E-state index in [0.29, 0.717) is 6.54 Å². The van der Waals surface area contributed by atoms with Gasteiger partial charge in [-0.05, 0) is 39.3 Å². The molecule has 1 fully saturated rings. The summed E-state index contributed by atoms with van der Waals surface area (Å²) in [4.78, 5) is 37.4. The number of carbonyl (C=O) groups excluding carboxylic acids is 3. The number of halogens is 2. The highest BCUT2D eigenvalue weighted by Crippen LogP contribution is 2.21. The first-order valence-corrected chi connectivity index (χ1v) is 9.22. The fourth-order valence-electron chi connectivity index (χ4n) is 2.88. The molecule has 1 aliphatic heterocycles. The van der Waals surface area contributed by atoms with Crippen LogP contribution in [-0.4, -0.2) is 61.3 Å². The number of hydrogen-bond acceptors (Lipinski definition) is 6. The van der Waals surface area contributed by atoms with Crippen molar-refractivity contribution in [2.45, 2.75) is 45.3 Å². The van der Waals surface area contributed by atoms with Gasteiger partial charge in [0.2, 0.25) is 0 Å². The van der Waals surface area contributed by atoms with Crippen molar-refractivity contribution in [2.24, 2.45) is 0 Å². The zero-order chi connectivity index (χ0) is 21.8. The minimum atomic E-state index is -1.13. The van der Waals surface area contributed by atoms with E-state index in [1.807, 2.05) is 0 Å². The van der Waals surface area contributed by atoms with Gasteiger partial charge in [-0.15, -0.1) is 0 Å². The molecule has 1 aliphatic rings. The number of rotatable bonds is 5. The summed E-state index contributed by atoms with van der Waals surface area (Å²) in [6.45, 7) is 6.13. The van der Waals surface area contributed by atoms with Gasteiger partial charge in [-0.25, -0.2) is 18.4 Å². The Bertz CT molecular complexity index is 767. The Labute approximate surface area is 167 Å². The normalized spacial score (nSPS) is 17.0. The Morgan fingerprint density at radius 2 is 1.83 bits per heavy atom. The first-order valence-electron chi connectivity index (χ1n) is 9.22. The molecule has 1 aromatic rings. The Morgan fingerprint density at radius 1 is 1.21 bits per heavy atom. The molecule has 1 heterocycles. The van der Waals surface area contributed by atoms with Crippen LogP contribution in [0, 0.1) is 11.6 Å². The summed E-state index contributed by atoms with van der Waals surface area (Å²) in [5.74, 6) is -3.92. The fourth-order valence-corrected chi connectivity index (χ4v) is 2.88. The van der Waals surface area contributed by atoms with Crippen molar-refractivity contribution in [3.63, 3.8) is 0 Å². The zero-order valence-electron chi connectivity index (χ0n) is 16.9. The summed E-state index contributed by atoms with van der Waals surface area (Å²) in [7, 11) is 1.09. The molecule has 0 radical (unpaired) electrons. The number of methoxy groups -OCH3 is 1. The van der Waals surface area contributed by atoms with E-state index in [1.165, 1.54) is 4.90 Å². The Balaban J connectivity index is 1.98. The first kappa shape index (κ1) is 22.7. The highest BCUT2D eigenvalue weighted by molar-refractivity contribution is 5.98. The summed E-state index contributed by atoms with van der Waals surface area (Å²) >= 11 is 0. The quantitative estimate of drug-likeness (QED) is 0.544. The van der Waals surface area contributed by atoms with Gasteiger partial charge < -0.3 is 19.1 Å². The summed E-state index contributed by atoms with van der Waals surface area (Å²) in [6.07, 6.45) is -0.943. The van der Waals surface area contributed by atoms with E-state index in [0.717, 1.165) is 19.2 Å². The molecule has 1 amide bonds. The Morgan fingerprint density at radius 3 is 2.38 bits per heavy atom. The van der Waals surface area contributed by atoms with Crippen LogP contribution in [0.2, 0.25) is 0 Å². The maximum atomic E-state index is 14.2. The first-order chi connectivity index (χ1) is 13.5. The van der Waals surface area contributed by atoms with Gasteiger partial charge in [0, 0.05) is 13.0 Å². The highest BCUT2D eigenvalue weighted by atomic mass is 19.1. The molecule has 0 aromatic heterocycles. The zero-order valence-corrected chi connectivity index (χ0v) is 16.9. The fraction of sp³-hybridized carbons (Fsp3) is 0.550. The Hall–Kier alpha value is -2.55. The molecule has 0 bridgehead atoms. The van der Waals surface area contributed by atoms with E-state index in [9.17, 15) is 23.2 Å². The van der Waals surface area contributed by atoms with Crippen molar-refractivity contribution < 1.29 is 37.4 Å². The summed E-state index contributed by atoms with van der Waals surface area (Å²) in [5.41, 5.74) is -1.66. The van der Waals surface area contributed by atoms with Crippen molar-refractivity contribution in [1.29, 1.82) is 0 Å². The molecule has 1 aromatic carbocycles. The molecule has 0 N–H and O–H groups in total. The maximum absolute atomic E-state index is 14.2. The second-order valence-corrected chi connectivity index (χ2v) is 7.69. The Kier molecular flexibility index (Phi) is 7.29. The largest absolute Gasteiger partial charge is 0.465 e. The van der Waals surface area contributed by atoms with Crippen molar-refractivity contribution in [3.8, 4) is 0 Å². The van der Waals surface area contributed by atoms with Gasteiger partial charge in [-0.2, -0.15) is 0 Å². The standard InChI is InChI=1S/C20H25F2NO6/c1-20(2,3)29-19(26)23-7-8-28-13(11-23)5-6-16(24)17-14(21)9-12(10-15(17)22)18(25)27-4/h9-10,13H,5-8,11H2,1-4H3. The average Bonchev–Trinajstić information content (AvgIpc) is 2.64. The number of amides is 1. The predicted molar refractivity (Wildman–Crippen MR) is 98.8 cm³/mol. The van der Waals surface area contributed by atoms with Crippen molar-refractivity contribution in [1.82, 2.24) is 4.90 Å². The molecule has 160 valence electrons. The molecule has 0 saturated carbocycles. The third kappa shape index (κ3) is 6.22. The number of esters is 1. The van der Waals surface area contributed by atoms with Crippen molar-refractivity contribution >= 4 is 17.8 Å². The topological polar surface area (TPSA) is 82.1 Å². The third-order valence-corrected chi connectivity index (χ3v) is 4.23. The van der Waals surface area contributed by atoms with E-state index in [1.54, 1.807) is 20.8 Å². The van der Waals surface area contributed by atoms with Gasteiger partial charge in [0.15, 0.2) is 5.78 Å². The van der Waals surface area contributed by atoms with Crippen LogP contribution in [0.3, 0.4) is 0 Å². The van der Waals surface area contributed by atoms with Gasteiger partial charge in [0.1, 0.15) is 17.2 Å². The molecule has 1 atom stereocenters. The molecular formula is C20H25F2NO6. The van der Waals surface area contributed by atoms with Crippen LogP contribution in [0.15, 0.2) is 12.1 Å². The van der Waals surface area contributed by atoms with Gasteiger partial charge >= 0.3 is 12.1 Å². The monoisotopic (exact) mass is 413 g/mol. The number of ether oxygens (including phenoxy) is 3. The smallest absolute Gasteiger partial charge is 0.410 e. The lowest BCUT2D eigenvalue weighted by molar-refractivity contribution is -0.0443. The number of nitrogens with zero attached hydrogens (tertiary/aromatic N) is 1. The van der Waals surface area contributed by atoms with Crippen LogP contribution < -0.4 is 0 Å². The van der Waals surface area contributed by atoms with Crippen LogP contribution in [0.25, 0.3) is 0 Å². The van der Waals surface area contributed by atoms with Crippen LogP contribution in [-0.2, 0) is 14.2 Å². The highest BCUT2D eigenvalue weighted by Gasteiger charge is 2.29. The van der Waals surface area contributed by atoms with Crippen LogP contribution >= 0.6 is 0 Å². The number of benzene rings is 1. The summed E-state index contributed by atoms with van der Waals surface area (Å²) in [5, 5.41) is 0. The molecule has 1 unspecified atom stereocenters. The minimum Gasteiger partial charge on any atom is -0.465 e. The van der Waals surface area contributed by atoms with Gasteiger partial charge in [-0.1, -0.05) is 0 Å². The molecule has 29 heavy (non-hydrogen) atoms. The van der Waals surface area contributed by atoms with E-state index in [4.69, 9.17) is 9.47 Å². The summed E-state index contributed by atoms with van der Waals surface area (Å²) in [6, 6.07) is 1.53. The number of hydrogen-bond donors (Lipinski definition) is 0. The molecular weight excluding hydrogens is 388 g/mol. The lowest BCUT2D eigenvalue weighted by Gasteiger charge is -2.34. The minimum absolute atomic E-state index is 0.176. The molecule has 9 heteroatoms. The van der Waals surface area contributed by atoms with Crippen LogP contribution in [0.4, 0.5) is 13.6 Å². The SMILES string of the molecule is COC(=O)c1cc(F)c(C(=O)CCC2CN(C(=O)OC(C)(C)C)CCO2)c(F)c1. The van der Waals surface area contributed by atoms with E-state index in [2.05, 4.69) is 4.74 Å². The number of ketones is 1.